The van der Waals surface area contributed by atoms with Crippen LogP contribution in [0.25, 0.3) is 0 Å². The Morgan fingerprint density at radius 3 is 3.00 bits per heavy atom. The zero-order valence-corrected chi connectivity index (χ0v) is 4.06. The third-order valence-electron chi connectivity index (χ3n) is 0.716. The molecule has 7 heavy (non-hydrogen) atoms. The van der Waals surface area contributed by atoms with Crippen LogP contribution >= 0.6 is 0 Å². The lowest BCUT2D eigenvalue weighted by Crippen LogP contribution is -1.68. The number of hydrogen-bond acceptors (Lipinski definition) is 2. The topological polar surface area (TPSA) is 26.0 Å². The van der Waals surface area contributed by atoms with Crippen LogP contribution in [0.1, 0.15) is 12.7 Å². The van der Waals surface area contributed by atoms with Crippen LogP contribution in [-0.4, -0.2) is 4.98 Å². The Morgan fingerprint density at radius 1 is 1.86 bits per heavy atom. The van der Waals surface area contributed by atoms with Gasteiger partial charge in [-0.3, -0.25) is 0 Å². The van der Waals surface area contributed by atoms with E-state index in [0.717, 1.165) is 12.2 Å². The molecule has 0 aromatic carbocycles. The van der Waals surface area contributed by atoms with Gasteiger partial charge in [0, 0.05) is 6.42 Å². The smallest absolute Gasteiger partial charge is 0.284 e. The van der Waals surface area contributed by atoms with E-state index in [-0.39, 0.29) is 0 Å². The fourth-order valence-electron chi connectivity index (χ4n) is 0.337. The first-order valence-corrected chi connectivity index (χ1v) is 2.17. The number of aryl methyl sites for hydroxylation is 1. The zero-order chi connectivity index (χ0) is 5.11. The van der Waals surface area contributed by atoms with Gasteiger partial charge in [-0.15, -0.1) is 0 Å². The Balaban J connectivity index is 2.76. The number of oxazole rings is 1. The lowest BCUT2D eigenvalue weighted by atomic mass is 10.4. The Hall–Kier alpha value is -0.790. The van der Waals surface area contributed by atoms with Gasteiger partial charge in [0.25, 0.3) is 6.39 Å². The van der Waals surface area contributed by atoms with Crippen LogP contribution in [0.15, 0.2) is 4.42 Å². The molecule has 1 aromatic rings. The molecule has 0 atom stereocenters. The molecule has 36 valence electrons. The quantitative estimate of drug-likeness (QED) is 0.516. The molecule has 0 spiro atoms. The SMILES string of the molecule is CCc1[c]n[c]o1. The maximum atomic E-state index is 4.69. The molecule has 0 fully saturated rings. The Bertz CT molecular complexity index is 123. The van der Waals surface area contributed by atoms with Crippen molar-refractivity contribution >= 4 is 0 Å². The van der Waals surface area contributed by atoms with E-state index >= 15 is 0 Å². The summed E-state index contributed by atoms with van der Waals surface area (Å²) in [4.78, 5) is 3.48. The van der Waals surface area contributed by atoms with Gasteiger partial charge in [0.15, 0.2) is 0 Å². The monoisotopic (exact) mass is 95.0 g/mol. The van der Waals surface area contributed by atoms with Crippen LogP contribution in [0.3, 0.4) is 0 Å². The molecule has 0 saturated carbocycles. The van der Waals surface area contributed by atoms with E-state index in [0.29, 0.717) is 0 Å². The lowest BCUT2D eigenvalue weighted by Gasteiger charge is -1.75. The van der Waals surface area contributed by atoms with Crippen molar-refractivity contribution in [2.75, 3.05) is 0 Å². The highest BCUT2D eigenvalue weighted by Crippen LogP contribution is 1.92. The van der Waals surface area contributed by atoms with Crippen LogP contribution < -0.4 is 0 Å². The van der Waals surface area contributed by atoms with Gasteiger partial charge in [-0.05, 0) is 0 Å². The van der Waals surface area contributed by atoms with Crippen molar-refractivity contribution in [1.29, 1.82) is 0 Å². The third-order valence-corrected chi connectivity index (χ3v) is 0.716. The molecule has 1 aromatic heterocycles. The van der Waals surface area contributed by atoms with E-state index in [4.69, 9.17) is 4.42 Å². The average Bonchev–Trinajstić information content (AvgIpc) is 2.14. The van der Waals surface area contributed by atoms with E-state index in [9.17, 15) is 0 Å². The molecule has 2 nitrogen and oxygen atoms in total. The van der Waals surface area contributed by atoms with Crippen molar-refractivity contribution in [3.8, 4) is 0 Å². The summed E-state index contributed by atoms with van der Waals surface area (Å²) >= 11 is 0. The fourth-order valence-corrected chi connectivity index (χ4v) is 0.337. The van der Waals surface area contributed by atoms with Gasteiger partial charge in [-0.1, -0.05) is 6.92 Å². The minimum atomic E-state index is 0.764. The first-order valence-electron chi connectivity index (χ1n) is 2.17. The van der Waals surface area contributed by atoms with Gasteiger partial charge in [-0.25, -0.2) is 4.98 Å². The number of aromatic nitrogens is 1. The summed E-state index contributed by atoms with van der Waals surface area (Å²) in [5, 5.41) is 0. The van der Waals surface area contributed by atoms with Crippen LogP contribution in [0, 0.1) is 12.6 Å². The van der Waals surface area contributed by atoms with Gasteiger partial charge in [0.2, 0.25) is 0 Å². The minimum Gasteiger partial charge on any atom is -0.437 e. The van der Waals surface area contributed by atoms with Gasteiger partial charge in [0.05, 0.1) is 0 Å². The molecule has 2 heteroatoms. The van der Waals surface area contributed by atoms with Crippen molar-refractivity contribution in [2.45, 2.75) is 13.3 Å². The lowest BCUT2D eigenvalue weighted by molar-refractivity contribution is 0.501. The first-order chi connectivity index (χ1) is 3.43. The summed E-state index contributed by atoms with van der Waals surface area (Å²) in [6.45, 7) is 1.98. The van der Waals surface area contributed by atoms with E-state index < -0.39 is 0 Å². The number of rotatable bonds is 1. The average molecular weight is 95.1 g/mol. The predicted octanol–water partition coefficient (Wildman–Crippen LogP) is 0.837. The van der Waals surface area contributed by atoms with Crippen LogP contribution in [0.4, 0.5) is 0 Å². The van der Waals surface area contributed by atoms with Gasteiger partial charge >= 0.3 is 0 Å². The summed E-state index contributed by atoms with van der Waals surface area (Å²) in [5.41, 5.74) is 0. The largest absolute Gasteiger partial charge is 0.437 e. The highest BCUT2D eigenvalue weighted by atomic mass is 16.3. The molecule has 0 amide bonds. The summed E-state index contributed by atoms with van der Waals surface area (Å²) in [7, 11) is 0. The Labute approximate surface area is 42.2 Å². The van der Waals surface area contributed by atoms with Crippen molar-refractivity contribution in [1.82, 2.24) is 4.98 Å². The van der Waals surface area contributed by atoms with E-state index in [1.807, 2.05) is 6.92 Å². The highest BCUT2D eigenvalue weighted by molar-refractivity contribution is 4.82. The predicted molar refractivity (Wildman–Crippen MR) is 23.6 cm³/mol. The minimum absolute atomic E-state index is 0.764. The molecule has 1 heterocycles. The third kappa shape index (κ3) is 0.796. The maximum absolute atomic E-state index is 4.69. The van der Waals surface area contributed by atoms with Crippen molar-refractivity contribution in [2.24, 2.45) is 0 Å². The summed E-state index contributed by atoms with van der Waals surface area (Å²) in [6, 6.07) is 0. The fraction of sp³-hybridized carbons (Fsp3) is 0.400. The molecule has 1 rings (SSSR count). The molecule has 0 N–H and O–H groups in total. The molecule has 0 bridgehead atoms. The van der Waals surface area contributed by atoms with E-state index in [1.54, 1.807) is 0 Å². The summed E-state index contributed by atoms with van der Waals surface area (Å²) in [6.07, 6.45) is 5.76. The molecule has 0 aliphatic heterocycles. The van der Waals surface area contributed by atoms with Gasteiger partial charge in [0.1, 0.15) is 12.0 Å². The first kappa shape index (κ1) is 4.37. The normalized spacial score (nSPS) is 9.29. The molecule has 0 unspecified atom stereocenters. The standard InChI is InChI=1S/C5H5NO/c1-2-5-3-6-4-7-5/h2H2,1H3. The van der Waals surface area contributed by atoms with Gasteiger partial charge < -0.3 is 4.42 Å². The van der Waals surface area contributed by atoms with Crippen molar-refractivity contribution in [3.05, 3.63) is 18.4 Å². The van der Waals surface area contributed by atoms with Crippen LogP contribution in [0.5, 0.6) is 0 Å². The molecule has 0 aliphatic rings. The molecular weight excluding hydrogens is 90.1 g/mol. The van der Waals surface area contributed by atoms with E-state index in [2.05, 4.69) is 17.6 Å². The molecular formula is C5H5NO. The van der Waals surface area contributed by atoms with Crippen molar-refractivity contribution < 1.29 is 4.42 Å². The molecule has 2 radical (unpaired) electrons. The second kappa shape index (κ2) is 1.78. The van der Waals surface area contributed by atoms with Crippen LogP contribution in [-0.2, 0) is 6.42 Å². The Morgan fingerprint density at radius 2 is 2.71 bits per heavy atom. The van der Waals surface area contributed by atoms with Crippen LogP contribution in [0.2, 0.25) is 0 Å². The van der Waals surface area contributed by atoms with E-state index in [1.165, 1.54) is 0 Å². The maximum Gasteiger partial charge on any atom is 0.284 e. The second-order valence-corrected chi connectivity index (χ2v) is 1.19. The summed E-state index contributed by atoms with van der Waals surface area (Å²) in [5.74, 6) is 0.764. The zero-order valence-electron chi connectivity index (χ0n) is 4.06. The van der Waals surface area contributed by atoms with Crippen molar-refractivity contribution in [3.63, 3.8) is 0 Å². The Kier molecular flexibility index (Phi) is 1.11. The summed E-state index contributed by atoms with van der Waals surface area (Å²) < 4.78 is 4.69. The molecule has 0 aliphatic carbocycles. The highest BCUT2D eigenvalue weighted by Gasteiger charge is 1.88. The number of hydrogen-bond donors (Lipinski definition) is 0. The second-order valence-electron chi connectivity index (χ2n) is 1.19. The number of nitrogens with zero attached hydrogens (tertiary/aromatic N) is 1. The molecule has 0 saturated heterocycles. The van der Waals surface area contributed by atoms with Gasteiger partial charge in [-0.2, -0.15) is 0 Å².